The van der Waals surface area contributed by atoms with E-state index in [4.69, 9.17) is 10.00 Å². The molecule has 114 valence electrons. The molecule has 0 spiro atoms. The molecule has 0 fully saturated rings. The van der Waals surface area contributed by atoms with Gasteiger partial charge in [0.2, 0.25) is 0 Å². The number of rotatable bonds is 6. The number of amides is 1. The van der Waals surface area contributed by atoms with Crippen LogP contribution in [-0.4, -0.2) is 42.5 Å². The third kappa shape index (κ3) is 3.63. The summed E-state index contributed by atoms with van der Waals surface area (Å²) >= 11 is 0. The van der Waals surface area contributed by atoms with Crippen molar-refractivity contribution >= 4 is 11.9 Å². The molecule has 0 unspecified atom stereocenters. The van der Waals surface area contributed by atoms with Crippen molar-refractivity contribution in [3.05, 3.63) is 22.5 Å². The van der Waals surface area contributed by atoms with Crippen molar-refractivity contribution < 1.29 is 14.3 Å². The third-order valence-corrected chi connectivity index (χ3v) is 3.30. The van der Waals surface area contributed by atoms with E-state index >= 15 is 0 Å². The van der Waals surface area contributed by atoms with Gasteiger partial charge in [0.15, 0.2) is 0 Å². The Morgan fingerprint density at radius 1 is 1.43 bits per heavy atom. The molecular weight excluding hydrogens is 270 g/mol. The van der Waals surface area contributed by atoms with Crippen molar-refractivity contribution in [3.63, 3.8) is 0 Å². The Morgan fingerprint density at radius 3 is 2.62 bits per heavy atom. The molecule has 0 aliphatic heterocycles. The maximum absolute atomic E-state index is 12.5. The van der Waals surface area contributed by atoms with Gasteiger partial charge in [0.05, 0.1) is 25.2 Å². The number of aromatic nitrogens is 1. The van der Waals surface area contributed by atoms with Crippen molar-refractivity contribution in [2.45, 2.75) is 33.1 Å². The zero-order valence-electron chi connectivity index (χ0n) is 12.9. The van der Waals surface area contributed by atoms with Crippen LogP contribution in [0.2, 0.25) is 0 Å². The smallest absolute Gasteiger partial charge is 0.339 e. The Labute approximate surface area is 124 Å². The minimum atomic E-state index is -0.439. The van der Waals surface area contributed by atoms with Crippen LogP contribution < -0.4 is 0 Å². The lowest BCUT2D eigenvalue weighted by atomic mass is 10.0. The van der Waals surface area contributed by atoms with Gasteiger partial charge in [-0.2, -0.15) is 5.26 Å². The van der Waals surface area contributed by atoms with Gasteiger partial charge in [-0.1, -0.05) is 13.3 Å². The SMILES string of the molecule is CCCc1c(C(=O)N(C)CCC#N)[nH]c(C)c1C(=O)OC. The number of esters is 1. The fourth-order valence-electron chi connectivity index (χ4n) is 2.25. The molecule has 0 bridgehead atoms. The van der Waals surface area contributed by atoms with Gasteiger partial charge < -0.3 is 14.6 Å². The second-order valence-electron chi connectivity index (χ2n) is 4.85. The fourth-order valence-corrected chi connectivity index (χ4v) is 2.25. The van der Waals surface area contributed by atoms with Crippen LogP contribution in [0.3, 0.4) is 0 Å². The molecular formula is C15H21N3O3. The highest BCUT2D eigenvalue weighted by Gasteiger charge is 2.26. The topological polar surface area (TPSA) is 86.2 Å². The molecule has 0 aliphatic carbocycles. The molecule has 0 aromatic carbocycles. The number of aryl methyl sites for hydroxylation is 1. The predicted molar refractivity (Wildman–Crippen MR) is 78.1 cm³/mol. The van der Waals surface area contributed by atoms with E-state index < -0.39 is 5.97 Å². The van der Waals surface area contributed by atoms with Crippen molar-refractivity contribution in [1.82, 2.24) is 9.88 Å². The summed E-state index contributed by atoms with van der Waals surface area (Å²) in [6.07, 6.45) is 1.69. The molecule has 6 nitrogen and oxygen atoms in total. The summed E-state index contributed by atoms with van der Waals surface area (Å²) in [4.78, 5) is 28.8. The predicted octanol–water partition coefficient (Wildman–Crippen LogP) is 2.05. The van der Waals surface area contributed by atoms with Gasteiger partial charge in [-0.05, 0) is 18.9 Å². The van der Waals surface area contributed by atoms with E-state index in [1.165, 1.54) is 12.0 Å². The van der Waals surface area contributed by atoms with E-state index in [1.54, 1.807) is 14.0 Å². The molecule has 0 saturated heterocycles. The van der Waals surface area contributed by atoms with E-state index in [-0.39, 0.29) is 12.3 Å². The highest BCUT2D eigenvalue weighted by Crippen LogP contribution is 2.22. The van der Waals surface area contributed by atoms with Gasteiger partial charge in [-0.15, -0.1) is 0 Å². The minimum absolute atomic E-state index is 0.216. The molecule has 0 radical (unpaired) electrons. The Bertz CT molecular complexity index is 569. The fraction of sp³-hybridized carbons (Fsp3) is 0.533. The zero-order valence-corrected chi connectivity index (χ0v) is 12.9. The number of nitrogens with zero attached hydrogens (tertiary/aromatic N) is 2. The second kappa shape index (κ2) is 7.48. The summed E-state index contributed by atoms with van der Waals surface area (Å²) in [5, 5.41) is 8.60. The maximum atomic E-state index is 12.5. The number of hydrogen-bond acceptors (Lipinski definition) is 4. The highest BCUT2D eigenvalue weighted by molar-refractivity contribution is 6.00. The third-order valence-electron chi connectivity index (χ3n) is 3.30. The molecule has 6 heteroatoms. The van der Waals surface area contributed by atoms with Crippen molar-refractivity contribution in [3.8, 4) is 6.07 Å². The first-order valence-electron chi connectivity index (χ1n) is 6.90. The lowest BCUT2D eigenvalue weighted by molar-refractivity contribution is 0.0599. The maximum Gasteiger partial charge on any atom is 0.339 e. The van der Waals surface area contributed by atoms with Crippen molar-refractivity contribution in [1.29, 1.82) is 5.26 Å². The molecule has 0 atom stereocenters. The van der Waals surface area contributed by atoms with Crippen LogP contribution in [0, 0.1) is 18.3 Å². The summed E-state index contributed by atoms with van der Waals surface area (Å²) < 4.78 is 4.80. The lowest BCUT2D eigenvalue weighted by Gasteiger charge is -2.15. The number of H-pyrrole nitrogens is 1. The normalized spacial score (nSPS) is 10.0. The largest absolute Gasteiger partial charge is 0.465 e. The number of nitrogens with one attached hydrogen (secondary N) is 1. The molecule has 1 N–H and O–H groups in total. The van der Waals surface area contributed by atoms with Gasteiger partial charge in [0.25, 0.3) is 5.91 Å². The van der Waals surface area contributed by atoms with Crippen LogP contribution in [0.25, 0.3) is 0 Å². The molecule has 1 heterocycles. The Morgan fingerprint density at radius 2 is 2.10 bits per heavy atom. The standard InChI is InChI=1S/C15H21N3O3/c1-5-7-11-12(15(20)21-4)10(2)17-13(11)14(19)18(3)9-6-8-16/h17H,5-7,9H2,1-4H3. The molecule has 21 heavy (non-hydrogen) atoms. The molecule has 0 saturated carbocycles. The van der Waals surface area contributed by atoms with Crippen molar-refractivity contribution in [2.75, 3.05) is 20.7 Å². The summed E-state index contributed by atoms with van der Waals surface area (Å²) in [7, 11) is 2.97. The summed E-state index contributed by atoms with van der Waals surface area (Å²) in [5.74, 6) is -0.655. The van der Waals surface area contributed by atoms with Crippen LogP contribution in [0.15, 0.2) is 0 Å². The van der Waals surface area contributed by atoms with Crippen LogP contribution >= 0.6 is 0 Å². The average Bonchev–Trinajstić information content (AvgIpc) is 2.80. The summed E-state index contributed by atoms with van der Waals surface area (Å²) in [6, 6.07) is 2.01. The quantitative estimate of drug-likeness (QED) is 0.813. The van der Waals surface area contributed by atoms with Gasteiger partial charge in [0, 0.05) is 19.3 Å². The van der Waals surface area contributed by atoms with Gasteiger partial charge in [-0.25, -0.2) is 4.79 Å². The number of nitriles is 1. The molecule has 1 aromatic heterocycles. The summed E-state index contributed by atoms with van der Waals surface area (Å²) in [6.45, 7) is 4.08. The Hall–Kier alpha value is -2.29. The summed E-state index contributed by atoms with van der Waals surface area (Å²) in [5.41, 5.74) is 2.17. The first-order valence-corrected chi connectivity index (χ1v) is 6.90. The number of ether oxygens (including phenoxy) is 1. The van der Waals surface area contributed by atoms with Gasteiger partial charge in [0.1, 0.15) is 5.69 Å². The van der Waals surface area contributed by atoms with Crippen LogP contribution in [0.5, 0.6) is 0 Å². The number of carbonyl (C=O) groups excluding carboxylic acids is 2. The lowest BCUT2D eigenvalue weighted by Crippen LogP contribution is -2.28. The molecule has 1 amide bonds. The van der Waals surface area contributed by atoms with Gasteiger partial charge >= 0.3 is 5.97 Å². The molecule has 1 rings (SSSR count). The number of hydrogen-bond donors (Lipinski definition) is 1. The second-order valence-corrected chi connectivity index (χ2v) is 4.85. The van der Waals surface area contributed by atoms with Gasteiger partial charge in [-0.3, -0.25) is 4.79 Å². The number of methoxy groups -OCH3 is 1. The van der Waals surface area contributed by atoms with E-state index in [2.05, 4.69) is 4.98 Å². The van der Waals surface area contributed by atoms with E-state index in [9.17, 15) is 9.59 Å². The first-order chi connectivity index (χ1) is 9.97. The van der Waals surface area contributed by atoms with Crippen LogP contribution in [-0.2, 0) is 11.2 Å². The van der Waals surface area contributed by atoms with Crippen LogP contribution in [0.1, 0.15) is 51.9 Å². The number of aromatic amines is 1. The Kier molecular flexibility index (Phi) is 5.97. The van der Waals surface area contributed by atoms with E-state index in [0.29, 0.717) is 35.5 Å². The zero-order chi connectivity index (χ0) is 16.0. The average molecular weight is 291 g/mol. The minimum Gasteiger partial charge on any atom is -0.465 e. The van der Waals surface area contributed by atoms with E-state index in [0.717, 1.165) is 6.42 Å². The van der Waals surface area contributed by atoms with Crippen molar-refractivity contribution in [2.24, 2.45) is 0 Å². The molecule has 0 aliphatic rings. The monoisotopic (exact) mass is 291 g/mol. The Balaban J connectivity index is 3.21. The first kappa shape index (κ1) is 16.8. The van der Waals surface area contributed by atoms with E-state index in [1.807, 2.05) is 13.0 Å². The van der Waals surface area contributed by atoms with Crippen LogP contribution in [0.4, 0.5) is 0 Å². The molecule has 1 aromatic rings. The highest BCUT2D eigenvalue weighted by atomic mass is 16.5. The number of carbonyl (C=O) groups is 2.